The fourth-order valence-electron chi connectivity index (χ4n) is 2.49. The summed E-state index contributed by atoms with van der Waals surface area (Å²) >= 11 is 3.37. The molecular formula is C22H24BrN3O5. The molecule has 0 radical (unpaired) electrons. The minimum absolute atomic E-state index is 0.00736. The summed E-state index contributed by atoms with van der Waals surface area (Å²) < 4.78 is 11.3. The SMILES string of the molecule is CCOC(=O)c1ccc(NC(=O)C/C(C)=N\NC(=O)COc2ccc(Br)cc2C)cc1. The van der Waals surface area contributed by atoms with Crippen LogP contribution in [0.4, 0.5) is 5.69 Å². The number of hydrazone groups is 1. The second kappa shape index (κ2) is 11.8. The van der Waals surface area contributed by atoms with Crippen molar-refractivity contribution in [3.05, 3.63) is 58.1 Å². The van der Waals surface area contributed by atoms with Gasteiger partial charge in [0.25, 0.3) is 5.91 Å². The maximum Gasteiger partial charge on any atom is 0.338 e. The summed E-state index contributed by atoms with van der Waals surface area (Å²) in [6.07, 6.45) is -0.00736. The monoisotopic (exact) mass is 489 g/mol. The normalized spacial score (nSPS) is 10.9. The number of hydrogen-bond acceptors (Lipinski definition) is 6. The van der Waals surface area contributed by atoms with Gasteiger partial charge in [-0.05, 0) is 68.8 Å². The summed E-state index contributed by atoms with van der Waals surface area (Å²) in [7, 11) is 0. The number of nitrogens with one attached hydrogen (secondary N) is 2. The number of aryl methyl sites for hydroxylation is 1. The van der Waals surface area contributed by atoms with Crippen molar-refractivity contribution < 1.29 is 23.9 Å². The van der Waals surface area contributed by atoms with E-state index < -0.39 is 11.9 Å². The summed E-state index contributed by atoms with van der Waals surface area (Å²) in [4.78, 5) is 35.7. The minimum Gasteiger partial charge on any atom is -0.483 e. The van der Waals surface area contributed by atoms with Crippen LogP contribution >= 0.6 is 15.9 Å². The summed E-state index contributed by atoms with van der Waals surface area (Å²) in [5, 5.41) is 6.62. The molecule has 0 unspecified atom stereocenters. The van der Waals surface area contributed by atoms with E-state index in [1.54, 1.807) is 44.2 Å². The van der Waals surface area contributed by atoms with Crippen LogP contribution < -0.4 is 15.5 Å². The number of benzene rings is 2. The van der Waals surface area contributed by atoms with Gasteiger partial charge in [-0.1, -0.05) is 15.9 Å². The van der Waals surface area contributed by atoms with Crippen molar-refractivity contribution in [1.29, 1.82) is 0 Å². The number of halogens is 1. The second-order valence-electron chi connectivity index (χ2n) is 6.60. The van der Waals surface area contributed by atoms with E-state index in [2.05, 4.69) is 31.8 Å². The van der Waals surface area contributed by atoms with Gasteiger partial charge in [-0.2, -0.15) is 5.10 Å². The van der Waals surface area contributed by atoms with Crippen LogP contribution in [0.25, 0.3) is 0 Å². The third-order valence-electron chi connectivity index (χ3n) is 3.96. The number of anilines is 1. The van der Waals surface area contributed by atoms with E-state index in [0.717, 1.165) is 10.0 Å². The van der Waals surface area contributed by atoms with Crippen molar-refractivity contribution in [1.82, 2.24) is 5.43 Å². The summed E-state index contributed by atoms with van der Waals surface area (Å²) in [6.45, 7) is 5.34. The van der Waals surface area contributed by atoms with Crippen molar-refractivity contribution in [2.75, 3.05) is 18.5 Å². The fraction of sp³-hybridized carbons (Fsp3) is 0.273. The van der Waals surface area contributed by atoms with Crippen LogP contribution in [-0.4, -0.2) is 36.7 Å². The van der Waals surface area contributed by atoms with Gasteiger partial charge in [-0.15, -0.1) is 0 Å². The van der Waals surface area contributed by atoms with Gasteiger partial charge in [0.1, 0.15) is 5.75 Å². The van der Waals surface area contributed by atoms with E-state index in [9.17, 15) is 14.4 Å². The lowest BCUT2D eigenvalue weighted by atomic mass is 10.2. The first kappa shape index (κ1) is 24.1. The highest BCUT2D eigenvalue weighted by molar-refractivity contribution is 9.10. The van der Waals surface area contributed by atoms with E-state index in [1.807, 2.05) is 19.1 Å². The maximum atomic E-state index is 12.1. The third-order valence-corrected chi connectivity index (χ3v) is 4.46. The number of carbonyl (C=O) groups excluding carboxylic acids is 3. The van der Waals surface area contributed by atoms with E-state index in [4.69, 9.17) is 9.47 Å². The first-order valence-corrected chi connectivity index (χ1v) is 10.4. The number of rotatable bonds is 9. The summed E-state index contributed by atoms with van der Waals surface area (Å²) in [6, 6.07) is 11.8. The summed E-state index contributed by atoms with van der Waals surface area (Å²) in [5.41, 5.74) is 4.63. The van der Waals surface area contributed by atoms with Crippen LogP contribution in [0.5, 0.6) is 5.75 Å². The van der Waals surface area contributed by atoms with Gasteiger partial charge in [0.05, 0.1) is 18.6 Å². The number of carbonyl (C=O) groups is 3. The number of esters is 1. The van der Waals surface area contributed by atoms with Crippen LogP contribution in [0.3, 0.4) is 0 Å². The van der Waals surface area contributed by atoms with Crippen molar-refractivity contribution >= 4 is 45.1 Å². The first-order valence-electron chi connectivity index (χ1n) is 9.56. The van der Waals surface area contributed by atoms with E-state index in [1.165, 1.54) is 0 Å². The molecule has 2 aromatic carbocycles. The highest BCUT2D eigenvalue weighted by Gasteiger charge is 2.09. The number of nitrogens with zero attached hydrogens (tertiary/aromatic N) is 1. The third kappa shape index (κ3) is 8.21. The Morgan fingerprint density at radius 3 is 2.42 bits per heavy atom. The number of ether oxygens (including phenoxy) is 2. The van der Waals surface area contributed by atoms with Crippen molar-refractivity contribution in [2.24, 2.45) is 5.10 Å². The molecule has 164 valence electrons. The molecule has 0 fully saturated rings. The molecule has 0 atom stereocenters. The Labute approximate surface area is 189 Å². The minimum atomic E-state index is -0.434. The van der Waals surface area contributed by atoms with Crippen molar-refractivity contribution in [3.63, 3.8) is 0 Å². The maximum absolute atomic E-state index is 12.1. The Kier molecular flexibility index (Phi) is 9.20. The van der Waals surface area contributed by atoms with Gasteiger partial charge in [-0.3, -0.25) is 9.59 Å². The summed E-state index contributed by atoms with van der Waals surface area (Å²) in [5.74, 6) is -0.552. The molecule has 0 aliphatic carbocycles. The Bertz CT molecular complexity index is 974. The van der Waals surface area contributed by atoms with Gasteiger partial charge in [0.2, 0.25) is 5.91 Å². The van der Waals surface area contributed by atoms with Gasteiger partial charge in [0.15, 0.2) is 6.61 Å². The molecule has 0 aromatic heterocycles. The molecule has 2 N–H and O–H groups in total. The lowest BCUT2D eigenvalue weighted by molar-refractivity contribution is -0.123. The smallest absolute Gasteiger partial charge is 0.338 e. The fourth-order valence-corrected chi connectivity index (χ4v) is 2.96. The predicted octanol–water partition coefficient (Wildman–Crippen LogP) is 3.83. The molecule has 0 saturated heterocycles. The van der Waals surface area contributed by atoms with E-state index in [0.29, 0.717) is 29.3 Å². The van der Waals surface area contributed by atoms with Gasteiger partial charge in [-0.25, -0.2) is 10.2 Å². The molecule has 0 saturated carbocycles. The zero-order valence-corrected chi connectivity index (χ0v) is 19.1. The van der Waals surface area contributed by atoms with Crippen LogP contribution in [-0.2, 0) is 14.3 Å². The van der Waals surface area contributed by atoms with Gasteiger partial charge in [0, 0.05) is 15.9 Å². The zero-order chi connectivity index (χ0) is 22.8. The first-order chi connectivity index (χ1) is 14.8. The molecule has 31 heavy (non-hydrogen) atoms. The number of hydrogen-bond donors (Lipinski definition) is 2. The molecule has 2 amide bonds. The molecule has 0 aliphatic rings. The topological polar surface area (TPSA) is 106 Å². The lowest BCUT2D eigenvalue weighted by Gasteiger charge is -2.09. The Morgan fingerprint density at radius 1 is 1.06 bits per heavy atom. The molecular weight excluding hydrogens is 466 g/mol. The predicted molar refractivity (Wildman–Crippen MR) is 121 cm³/mol. The number of amides is 2. The largest absolute Gasteiger partial charge is 0.483 e. The molecule has 0 heterocycles. The Morgan fingerprint density at radius 2 is 1.77 bits per heavy atom. The van der Waals surface area contributed by atoms with Crippen LogP contribution in [0, 0.1) is 6.92 Å². The Balaban J connectivity index is 1.78. The molecule has 0 spiro atoms. The molecule has 2 aromatic rings. The average Bonchev–Trinajstić information content (AvgIpc) is 2.72. The van der Waals surface area contributed by atoms with Gasteiger partial charge >= 0.3 is 5.97 Å². The molecule has 2 rings (SSSR count). The Hall–Kier alpha value is -3.20. The molecule has 0 bridgehead atoms. The van der Waals surface area contributed by atoms with Crippen LogP contribution in [0.1, 0.15) is 36.2 Å². The van der Waals surface area contributed by atoms with E-state index >= 15 is 0 Å². The standard InChI is InChI=1S/C22H24BrN3O5/c1-4-30-22(29)16-5-8-18(9-6-16)24-20(27)12-15(3)25-26-21(28)13-31-19-10-7-17(23)11-14(19)2/h5-11H,4,12-13H2,1-3H3,(H,24,27)(H,26,28)/b25-15-. The average molecular weight is 490 g/mol. The molecule has 9 heteroatoms. The van der Waals surface area contributed by atoms with Crippen molar-refractivity contribution in [2.45, 2.75) is 27.2 Å². The molecule has 8 nitrogen and oxygen atoms in total. The molecule has 0 aliphatic heterocycles. The van der Waals surface area contributed by atoms with E-state index in [-0.39, 0.29) is 18.9 Å². The second-order valence-corrected chi connectivity index (χ2v) is 7.52. The van der Waals surface area contributed by atoms with Crippen molar-refractivity contribution in [3.8, 4) is 5.75 Å². The highest BCUT2D eigenvalue weighted by atomic mass is 79.9. The lowest BCUT2D eigenvalue weighted by Crippen LogP contribution is -2.26. The quantitative estimate of drug-likeness (QED) is 0.316. The van der Waals surface area contributed by atoms with Crippen LogP contribution in [0.2, 0.25) is 0 Å². The van der Waals surface area contributed by atoms with Gasteiger partial charge < -0.3 is 14.8 Å². The zero-order valence-electron chi connectivity index (χ0n) is 17.5. The van der Waals surface area contributed by atoms with Crippen LogP contribution in [0.15, 0.2) is 52.0 Å². The highest BCUT2D eigenvalue weighted by Crippen LogP contribution is 2.21.